The van der Waals surface area contributed by atoms with Gasteiger partial charge in [0.05, 0.1) is 6.10 Å². The molecule has 3 nitrogen and oxygen atoms in total. The number of carbonyl (C=O) groups excluding carboxylic acids is 1. The summed E-state index contributed by atoms with van der Waals surface area (Å²) in [6, 6.07) is 7.54. The number of piperidine rings is 1. The molecule has 0 aromatic heterocycles. The van der Waals surface area contributed by atoms with Crippen molar-refractivity contribution in [3.63, 3.8) is 0 Å². The number of hydrogen-bond donors (Lipinski definition) is 1. The lowest BCUT2D eigenvalue weighted by Gasteiger charge is -2.32. The van der Waals surface area contributed by atoms with Crippen molar-refractivity contribution >= 4 is 5.78 Å². The highest BCUT2D eigenvalue weighted by atomic mass is 16.5. The lowest BCUT2D eigenvalue weighted by molar-refractivity contribution is 0.0762. The lowest BCUT2D eigenvalue weighted by atomic mass is 9.75. The molecule has 104 valence electrons. The van der Waals surface area contributed by atoms with Crippen LogP contribution in [0.5, 0.6) is 5.75 Å². The Labute approximate surface area is 115 Å². The predicted molar refractivity (Wildman–Crippen MR) is 76.7 cm³/mol. The van der Waals surface area contributed by atoms with Crippen LogP contribution in [0.2, 0.25) is 0 Å². The van der Waals surface area contributed by atoms with E-state index in [1.165, 1.54) is 0 Å². The summed E-state index contributed by atoms with van der Waals surface area (Å²) in [6.07, 6.45) is 1.98. The molecule has 1 aromatic carbocycles. The van der Waals surface area contributed by atoms with Crippen molar-refractivity contribution in [2.45, 2.75) is 39.7 Å². The van der Waals surface area contributed by atoms with E-state index in [4.69, 9.17) is 4.74 Å². The summed E-state index contributed by atoms with van der Waals surface area (Å²) in [7, 11) is 0. The molecule has 0 saturated carbocycles. The Morgan fingerprint density at radius 2 is 1.79 bits per heavy atom. The van der Waals surface area contributed by atoms with E-state index in [0.29, 0.717) is 0 Å². The third-order valence-corrected chi connectivity index (χ3v) is 3.74. The van der Waals surface area contributed by atoms with E-state index >= 15 is 0 Å². The summed E-state index contributed by atoms with van der Waals surface area (Å²) in [5.41, 5.74) is 0.576. The number of carbonyl (C=O) groups is 1. The number of hydrogen-bond acceptors (Lipinski definition) is 3. The van der Waals surface area contributed by atoms with Crippen LogP contribution in [-0.4, -0.2) is 25.0 Å². The van der Waals surface area contributed by atoms with Gasteiger partial charge in [0, 0.05) is 11.0 Å². The average molecular weight is 261 g/mol. The number of ketones is 1. The minimum Gasteiger partial charge on any atom is -0.491 e. The Morgan fingerprint density at radius 1 is 1.21 bits per heavy atom. The zero-order valence-corrected chi connectivity index (χ0v) is 12.0. The van der Waals surface area contributed by atoms with E-state index in [1.54, 1.807) is 0 Å². The van der Waals surface area contributed by atoms with Gasteiger partial charge in [-0.15, -0.1) is 0 Å². The van der Waals surface area contributed by atoms with E-state index in [0.717, 1.165) is 37.2 Å². The molecular formula is C16H23NO2. The number of rotatable bonds is 4. The van der Waals surface area contributed by atoms with Gasteiger partial charge < -0.3 is 10.1 Å². The van der Waals surface area contributed by atoms with Crippen LogP contribution >= 0.6 is 0 Å². The first-order valence-corrected chi connectivity index (χ1v) is 7.03. The fourth-order valence-corrected chi connectivity index (χ4v) is 2.51. The first-order valence-electron chi connectivity index (χ1n) is 7.03. The molecular weight excluding hydrogens is 238 g/mol. The van der Waals surface area contributed by atoms with Crippen LogP contribution in [-0.2, 0) is 0 Å². The SMILES string of the molecule is CC(C)Oc1ccc(C(=O)C2(C)CCNCC2)cc1. The second-order valence-electron chi connectivity index (χ2n) is 5.83. The molecule has 0 aliphatic carbocycles. The van der Waals surface area contributed by atoms with Gasteiger partial charge in [-0.25, -0.2) is 0 Å². The smallest absolute Gasteiger partial charge is 0.168 e. The second kappa shape index (κ2) is 5.74. The molecule has 1 heterocycles. The first-order chi connectivity index (χ1) is 9.01. The van der Waals surface area contributed by atoms with Crippen LogP contribution in [0, 0.1) is 5.41 Å². The van der Waals surface area contributed by atoms with Crippen molar-refractivity contribution in [3.05, 3.63) is 29.8 Å². The predicted octanol–water partition coefficient (Wildman–Crippen LogP) is 3.05. The van der Waals surface area contributed by atoms with Gasteiger partial charge in [-0.1, -0.05) is 6.92 Å². The van der Waals surface area contributed by atoms with Gasteiger partial charge in [0.15, 0.2) is 5.78 Å². The summed E-state index contributed by atoms with van der Waals surface area (Å²) >= 11 is 0. The van der Waals surface area contributed by atoms with Crippen molar-refractivity contribution in [1.29, 1.82) is 0 Å². The lowest BCUT2D eigenvalue weighted by Crippen LogP contribution is -2.40. The topological polar surface area (TPSA) is 38.3 Å². The fraction of sp³-hybridized carbons (Fsp3) is 0.562. The van der Waals surface area contributed by atoms with Gasteiger partial charge in [0.25, 0.3) is 0 Å². The minimum atomic E-state index is -0.217. The van der Waals surface area contributed by atoms with Gasteiger partial charge >= 0.3 is 0 Å². The third kappa shape index (κ3) is 3.35. The Morgan fingerprint density at radius 3 is 2.32 bits per heavy atom. The van der Waals surface area contributed by atoms with E-state index in [-0.39, 0.29) is 17.3 Å². The molecule has 0 atom stereocenters. The molecule has 0 spiro atoms. The van der Waals surface area contributed by atoms with Crippen molar-refractivity contribution in [1.82, 2.24) is 5.32 Å². The molecule has 1 saturated heterocycles. The second-order valence-corrected chi connectivity index (χ2v) is 5.83. The summed E-state index contributed by atoms with van der Waals surface area (Å²) in [4.78, 5) is 12.6. The molecule has 1 aliphatic rings. The van der Waals surface area contributed by atoms with Crippen LogP contribution in [0.3, 0.4) is 0 Å². The Balaban J connectivity index is 2.10. The highest BCUT2D eigenvalue weighted by molar-refractivity contribution is 6.00. The molecule has 0 bridgehead atoms. The average Bonchev–Trinajstić information content (AvgIpc) is 2.39. The van der Waals surface area contributed by atoms with E-state index in [9.17, 15) is 4.79 Å². The van der Waals surface area contributed by atoms with Crippen LogP contribution in [0.15, 0.2) is 24.3 Å². The summed E-state index contributed by atoms with van der Waals surface area (Å²) in [6.45, 7) is 7.92. The first kappa shape index (κ1) is 14.1. The molecule has 1 aliphatic heterocycles. The van der Waals surface area contributed by atoms with Gasteiger partial charge in [0.1, 0.15) is 5.75 Å². The minimum absolute atomic E-state index is 0.156. The standard InChI is InChI=1S/C16H23NO2/c1-12(2)19-14-6-4-13(5-7-14)15(18)16(3)8-10-17-11-9-16/h4-7,12,17H,8-11H2,1-3H3. The third-order valence-electron chi connectivity index (χ3n) is 3.74. The van der Waals surface area contributed by atoms with Gasteiger partial charge in [0.2, 0.25) is 0 Å². The molecule has 0 radical (unpaired) electrons. The highest BCUT2D eigenvalue weighted by Crippen LogP contribution is 2.32. The van der Waals surface area contributed by atoms with E-state index in [1.807, 2.05) is 38.1 Å². The number of ether oxygens (including phenoxy) is 1. The Hall–Kier alpha value is -1.35. The van der Waals surface area contributed by atoms with Crippen LogP contribution in [0.4, 0.5) is 0 Å². The monoisotopic (exact) mass is 261 g/mol. The van der Waals surface area contributed by atoms with Gasteiger partial charge in [-0.3, -0.25) is 4.79 Å². The largest absolute Gasteiger partial charge is 0.491 e. The molecule has 1 fully saturated rings. The Kier molecular flexibility index (Phi) is 4.25. The molecule has 0 amide bonds. The summed E-state index contributed by atoms with van der Waals surface area (Å²) < 4.78 is 5.60. The number of Topliss-reactive ketones (excluding diaryl/α,β-unsaturated/α-hetero) is 1. The molecule has 1 N–H and O–H groups in total. The maximum atomic E-state index is 12.6. The van der Waals surface area contributed by atoms with Crippen LogP contribution in [0.25, 0.3) is 0 Å². The molecule has 0 unspecified atom stereocenters. The van der Waals surface area contributed by atoms with E-state index in [2.05, 4.69) is 12.2 Å². The van der Waals surface area contributed by atoms with E-state index < -0.39 is 0 Å². The van der Waals surface area contributed by atoms with Crippen molar-refractivity contribution in [3.8, 4) is 5.75 Å². The van der Waals surface area contributed by atoms with Crippen molar-refractivity contribution in [2.75, 3.05) is 13.1 Å². The fourth-order valence-electron chi connectivity index (χ4n) is 2.51. The zero-order chi connectivity index (χ0) is 13.9. The molecule has 19 heavy (non-hydrogen) atoms. The molecule has 2 rings (SSSR count). The van der Waals surface area contributed by atoms with Crippen LogP contribution in [0.1, 0.15) is 44.0 Å². The number of nitrogens with one attached hydrogen (secondary N) is 1. The zero-order valence-electron chi connectivity index (χ0n) is 12.0. The summed E-state index contributed by atoms with van der Waals surface area (Å²) in [5, 5.41) is 3.30. The molecule has 1 aromatic rings. The van der Waals surface area contributed by atoms with Gasteiger partial charge in [-0.2, -0.15) is 0 Å². The quantitative estimate of drug-likeness (QED) is 0.847. The maximum absolute atomic E-state index is 12.6. The highest BCUT2D eigenvalue weighted by Gasteiger charge is 2.34. The molecule has 3 heteroatoms. The maximum Gasteiger partial charge on any atom is 0.168 e. The summed E-state index contributed by atoms with van der Waals surface area (Å²) in [5.74, 6) is 1.08. The van der Waals surface area contributed by atoms with Gasteiger partial charge in [-0.05, 0) is 64.0 Å². The Bertz CT molecular complexity index is 431. The van der Waals surface area contributed by atoms with Crippen molar-refractivity contribution in [2.24, 2.45) is 5.41 Å². The number of benzene rings is 1. The van der Waals surface area contributed by atoms with Crippen molar-refractivity contribution < 1.29 is 9.53 Å². The normalized spacial score (nSPS) is 18.3. The van der Waals surface area contributed by atoms with Crippen LogP contribution < -0.4 is 10.1 Å².